The summed E-state index contributed by atoms with van der Waals surface area (Å²) in [5.74, 6) is 0. The molecule has 0 atom stereocenters. The number of amides is 1. The topological polar surface area (TPSA) is 56.8 Å². The molecule has 1 amide bonds. The first-order valence-electron chi connectivity index (χ1n) is 10.1. The van der Waals surface area contributed by atoms with Crippen molar-refractivity contribution in [3.63, 3.8) is 0 Å². The van der Waals surface area contributed by atoms with Gasteiger partial charge in [0, 0.05) is 6.54 Å². The van der Waals surface area contributed by atoms with Gasteiger partial charge in [0.25, 0.3) is 0 Å². The maximum Gasteiger partial charge on any atom is 0.492 e. The quantitative estimate of drug-likeness (QED) is 0.623. The molecule has 1 aromatic carbocycles. The van der Waals surface area contributed by atoms with Gasteiger partial charge in [0.1, 0.15) is 5.60 Å². The molecule has 172 valence electrons. The van der Waals surface area contributed by atoms with Gasteiger partial charge in [-0.1, -0.05) is 12.1 Å². The standard InChI is InChI=1S/C22H31BF3NO4/c1-14-11-16(22(24,25)26)10-9-15(14)12-17(13-27-18(28)29-19(2,3)4)23-30-20(5,6)21(7,8)31-23/h9-12H,13H2,1-8H3,(H,27,28). The Morgan fingerprint density at radius 3 is 2.13 bits per heavy atom. The summed E-state index contributed by atoms with van der Waals surface area (Å²) in [5, 5.41) is 2.68. The number of rotatable bonds is 4. The molecular weight excluding hydrogens is 410 g/mol. The molecule has 1 heterocycles. The lowest BCUT2D eigenvalue weighted by Crippen LogP contribution is -2.41. The van der Waals surface area contributed by atoms with Crippen LogP contribution in [0.5, 0.6) is 0 Å². The fourth-order valence-corrected chi connectivity index (χ4v) is 2.90. The molecule has 0 bridgehead atoms. The number of alkyl halides is 3. The first-order valence-corrected chi connectivity index (χ1v) is 10.1. The SMILES string of the molecule is Cc1cc(C(F)(F)F)ccc1C=C(CNC(=O)OC(C)(C)C)B1OC(C)(C)C(C)(C)O1. The van der Waals surface area contributed by atoms with Gasteiger partial charge in [-0.15, -0.1) is 0 Å². The summed E-state index contributed by atoms with van der Waals surface area (Å²) in [6.07, 6.45) is -3.34. The molecule has 5 nitrogen and oxygen atoms in total. The average Bonchev–Trinajstić information content (AvgIpc) is 2.77. The van der Waals surface area contributed by atoms with Gasteiger partial charge in [0.05, 0.1) is 16.8 Å². The van der Waals surface area contributed by atoms with Gasteiger partial charge in [0.2, 0.25) is 0 Å². The van der Waals surface area contributed by atoms with E-state index >= 15 is 0 Å². The summed E-state index contributed by atoms with van der Waals surface area (Å²) in [7, 11) is -0.776. The number of ether oxygens (including phenoxy) is 1. The van der Waals surface area contributed by atoms with Crippen LogP contribution in [-0.2, 0) is 20.2 Å². The van der Waals surface area contributed by atoms with Crippen LogP contribution in [-0.4, -0.2) is 36.6 Å². The first kappa shape index (κ1) is 25.3. The van der Waals surface area contributed by atoms with Crippen molar-refractivity contribution in [1.82, 2.24) is 5.32 Å². The minimum absolute atomic E-state index is 0.0478. The highest BCUT2D eigenvalue weighted by Crippen LogP contribution is 2.39. The summed E-state index contributed by atoms with van der Waals surface area (Å²) in [6.45, 7) is 14.5. The highest BCUT2D eigenvalue weighted by molar-refractivity contribution is 6.56. The third-order valence-electron chi connectivity index (χ3n) is 5.33. The van der Waals surface area contributed by atoms with Crippen LogP contribution >= 0.6 is 0 Å². The third kappa shape index (κ3) is 6.49. The lowest BCUT2D eigenvalue weighted by molar-refractivity contribution is -0.137. The number of benzene rings is 1. The number of hydrogen-bond acceptors (Lipinski definition) is 4. The van der Waals surface area contributed by atoms with E-state index in [1.165, 1.54) is 6.07 Å². The largest absolute Gasteiger partial charge is 0.492 e. The molecule has 0 saturated carbocycles. The maximum atomic E-state index is 13.0. The summed E-state index contributed by atoms with van der Waals surface area (Å²) in [5.41, 5.74) is -1.03. The summed E-state index contributed by atoms with van der Waals surface area (Å²) in [6, 6.07) is 3.52. The zero-order chi connectivity index (χ0) is 23.8. The van der Waals surface area contributed by atoms with Crippen molar-refractivity contribution < 1.29 is 32.0 Å². The molecule has 0 aliphatic carbocycles. The Labute approximate surface area is 182 Å². The highest BCUT2D eigenvalue weighted by Gasteiger charge is 2.52. The van der Waals surface area contributed by atoms with Gasteiger partial charge < -0.3 is 19.4 Å². The third-order valence-corrected chi connectivity index (χ3v) is 5.33. The monoisotopic (exact) mass is 441 g/mol. The molecule has 9 heteroatoms. The van der Waals surface area contributed by atoms with E-state index < -0.39 is 41.8 Å². The summed E-state index contributed by atoms with van der Waals surface area (Å²) in [4.78, 5) is 12.1. The predicted molar refractivity (Wildman–Crippen MR) is 114 cm³/mol. The molecule has 1 aliphatic rings. The second kappa shape index (κ2) is 8.50. The van der Waals surface area contributed by atoms with E-state index in [0.29, 0.717) is 16.6 Å². The molecule has 31 heavy (non-hydrogen) atoms. The number of alkyl carbamates (subject to hydrolysis) is 1. The Balaban J connectivity index is 2.35. The molecule has 0 aromatic heterocycles. The van der Waals surface area contributed by atoms with Crippen LogP contribution in [0, 0.1) is 6.92 Å². The lowest BCUT2D eigenvalue weighted by Gasteiger charge is -2.32. The van der Waals surface area contributed by atoms with Crippen molar-refractivity contribution in [3.05, 3.63) is 40.4 Å². The Bertz CT molecular complexity index is 841. The Kier molecular flexibility index (Phi) is 6.93. The normalized spacial score (nSPS) is 18.8. The first-order chi connectivity index (χ1) is 13.9. The van der Waals surface area contributed by atoms with Gasteiger partial charge in [-0.2, -0.15) is 13.2 Å². The average molecular weight is 441 g/mol. The fourth-order valence-electron chi connectivity index (χ4n) is 2.90. The van der Waals surface area contributed by atoms with Crippen molar-refractivity contribution in [3.8, 4) is 0 Å². The lowest BCUT2D eigenvalue weighted by atomic mass is 9.76. The number of nitrogens with one attached hydrogen (secondary N) is 1. The molecule has 1 N–H and O–H groups in total. The maximum absolute atomic E-state index is 13.0. The van der Waals surface area contributed by atoms with Gasteiger partial charge in [-0.25, -0.2) is 4.79 Å². The number of carbonyl (C=O) groups excluding carboxylic acids is 1. The zero-order valence-electron chi connectivity index (χ0n) is 19.4. The predicted octanol–water partition coefficient (Wildman–Crippen LogP) is 5.55. The number of carbonyl (C=O) groups is 1. The van der Waals surface area contributed by atoms with E-state index in [1.807, 2.05) is 27.7 Å². The van der Waals surface area contributed by atoms with Gasteiger partial charge >= 0.3 is 19.4 Å². The van der Waals surface area contributed by atoms with Gasteiger partial charge in [-0.05, 0) is 84.1 Å². The number of aryl methyl sites for hydroxylation is 1. The highest BCUT2D eigenvalue weighted by atomic mass is 19.4. The van der Waals surface area contributed by atoms with E-state index in [0.717, 1.165) is 12.1 Å². The van der Waals surface area contributed by atoms with E-state index in [4.69, 9.17) is 14.0 Å². The van der Waals surface area contributed by atoms with E-state index in [-0.39, 0.29) is 6.54 Å². The smallest absolute Gasteiger partial charge is 0.444 e. The molecule has 0 radical (unpaired) electrons. The van der Waals surface area contributed by atoms with Crippen molar-refractivity contribution in [2.75, 3.05) is 6.54 Å². The van der Waals surface area contributed by atoms with Crippen molar-refractivity contribution in [2.45, 2.75) is 78.4 Å². The van der Waals surface area contributed by atoms with E-state index in [9.17, 15) is 18.0 Å². The van der Waals surface area contributed by atoms with Gasteiger partial charge in [0.15, 0.2) is 0 Å². The molecule has 1 aromatic rings. The second-order valence-electron chi connectivity index (χ2n) is 9.73. The molecular formula is C22H31BF3NO4. The molecule has 0 spiro atoms. The van der Waals surface area contributed by atoms with Crippen LogP contribution in [0.4, 0.5) is 18.0 Å². The molecule has 1 saturated heterocycles. The second-order valence-corrected chi connectivity index (χ2v) is 9.73. The molecule has 1 fully saturated rings. The van der Waals surface area contributed by atoms with E-state index in [1.54, 1.807) is 33.8 Å². The van der Waals surface area contributed by atoms with Gasteiger partial charge in [-0.3, -0.25) is 0 Å². The Morgan fingerprint density at radius 1 is 1.13 bits per heavy atom. The minimum Gasteiger partial charge on any atom is -0.444 e. The molecule has 2 rings (SSSR count). The minimum atomic E-state index is -4.42. The number of halogens is 3. The van der Waals surface area contributed by atoms with Crippen molar-refractivity contribution in [1.29, 1.82) is 0 Å². The summed E-state index contributed by atoms with van der Waals surface area (Å²) < 4.78 is 56.5. The van der Waals surface area contributed by atoms with Crippen LogP contribution in [0.25, 0.3) is 6.08 Å². The molecule has 0 unspecified atom stereocenters. The fraction of sp³-hybridized carbons (Fsp3) is 0.591. The van der Waals surface area contributed by atoms with Crippen LogP contribution in [0.15, 0.2) is 23.7 Å². The van der Waals surface area contributed by atoms with E-state index in [2.05, 4.69) is 5.32 Å². The summed E-state index contributed by atoms with van der Waals surface area (Å²) >= 11 is 0. The Hall–Kier alpha value is -2.00. The van der Waals surface area contributed by atoms with Crippen molar-refractivity contribution in [2.24, 2.45) is 0 Å². The molecule has 1 aliphatic heterocycles. The van der Waals surface area contributed by atoms with Crippen LogP contribution < -0.4 is 5.32 Å². The van der Waals surface area contributed by atoms with Crippen molar-refractivity contribution >= 4 is 19.3 Å². The van der Waals surface area contributed by atoms with Crippen LogP contribution in [0.1, 0.15) is 65.2 Å². The van der Waals surface area contributed by atoms with Crippen LogP contribution in [0.2, 0.25) is 0 Å². The number of hydrogen-bond donors (Lipinski definition) is 1. The zero-order valence-corrected chi connectivity index (χ0v) is 19.4. The Morgan fingerprint density at radius 2 is 1.68 bits per heavy atom. The van der Waals surface area contributed by atoms with Crippen LogP contribution in [0.3, 0.4) is 0 Å².